The summed E-state index contributed by atoms with van der Waals surface area (Å²) in [6.45, 7) is 0.442. The standard InChI is InChI=1S/C24H21N3O3/c1-26(16-17-8-4-3-5-9-17)24(29)22-20-10-6-7-11-21(20)23(28)27(25-22)18-12-14-19(30-2)15-13-18/h3-15H,16H2,1-2H3. The summed E-state index contributed by atoms with van der Waals surface area (Å²) >= 11 is 0. The van der Waals surface area contributed by atoms with E-state index in [1.54, 1.807) is 67.6 Å². The summed E-state index contributed by atoms with van der Waals surface area (Å²) in [6.07, 6.45) is 0. The third kappa shape index (κ3) is 3.67. The topological polar surface area (TPSA) is 64.4 Å². The van der Waals surface area contributed by atoms with E-state index in [1.165, 1.54) is 4.68 Å². The van der Waals surface area contributed by atoms with Crippen molar-refractivity contribution in [3.05, 3.63) is 100 Å². The fourth-order valence-corrected chi connectivity index (χ4v) is 3.36. The Labute approximate surface area is 174 Å². The molecule has 4 aromatic rings. The van der Waals surface area contributed by atoms with E-state index >= 15 is 0 Å². The van der Waals surface area contributed by atoms with Crippen molar-refractivity contribution < 1.29 is 9.53 Å². The van der Waals surface area contributed by atoms with Crippen molar-refractivity contribution >= 4 is 16.7 Å². The normalized spacial score (nSPS) is 10.7. The van der Waals surface area contributed by atoms with Gasteiger partial charge in [-0.3, -0.25) is 9.59 Å². The summed E-state index contributed by atoms with van der Waals surface area (Å²) in [5.74, 6) is 0.420. The maximum Gasteiger partial charge on any atom is 0.279 e. The molecule has 0 aliphatic rings. The summed E-state index contributed by atoms with van der Waals surface area (Å²) in [4.78, 5) is 28.0. The van der Waals surface area contributed by atoms with Crippen LogP contribution in [0, 0.1) is 0 Å². The highest BCUT2D eigenvalue weighted by Gasteiger charge is 2.20. The number of methoxy groups -OCH3 is 1. The average molecular weight is 399 g/mol. The first kappa shape index (κ1) is 19.4. The second-order valence-corrected chi connectivity index (χ2v) is 6.96. The third-order valence-electron chi connectivity index (χ3n) is 4.93. The zero-order valence-electron chi connectivity index (χ0n) is 16.8. The number of fused-ring (bicyclic) bond motifs is 1. The first-order valence-electron chi connectivity index (χ1n) is 9.54. The third-order valence-corrected chi connectivity index (χ3v) is 4.93. The quantitative estimate of drug-likeness (QED) is 0.514. The van der Waals surface area contributed by atoms with Gasteiger partial charge in [0.15, 0.2) is 5.69 Å². The molecule has 1 aromatic heterocycles. The zero-order chi connectivity index (χ0) is 21.1. The number of hydrogen-bond acceptors (Lipinski definition) is 4. The Morgan fingerprint density at radius 2 is 1.57 bits per heavy atom. The fraction of sp³-hybridized carbons (Fsp3) is 0.125. The van der Waals surface area contributed by atoms with Crippen LogP contribution >= 0.6 is 0 Å². The van der Waals surface area contributed by atoms with Gasteiger partial charge in [-0.1, -0.05) is 48.5 Å². The molecule has 30 heavy (non-hydrogen) atoms. The summed E-state index contributed by atoms with van der Waals surface area (Å²) in [6, 6.07) is 23.8. The highest BCUT2D eigenvalue weighted by atomic mass is 16.5. The number of carbonyl (C=O) groups is 1. The van der Waals surface area contributed by atoms with Gasteiger partial charge in [-0.2, -0.15) is 9.78 Å². The van der Waals surface area contributed by atoms with E-state index in [9.17, 15) is 9.59 Å². The lowest BCUT2D eigenvalue weighted by Crippen LogP contribution is -2.31. The summed E-state index contributed by atoms with van der Waals surface area (Å²) in [7, 11) is 3.31. The van der Waals surface area contributed by atoms with Crippen LogP contribution in [0.2, 0.25) is 0 Å². The molecule has 4 rings (SSSR count). The molecule has 0 saturated heterocycles. The molecule has 0 unspecified atom stereocenters. The van der Waals surface area contributed by atoms with Crippen molar-refractivity contribution in [2.45, 2.75) is 6.54 Å². The molecule has 1 amide bonds. The molecule has 6 nitrogen and oxygen atoms in total. The number of aromatic nitrogens is 2. The highest BCUT2D eigenvalue weighted by Crippen LogP contribution is 2.19. The molecule has 0 spiro atoms. The lowest BCUT2D eigenvalue weighted by Gasteiger charge is -2.18. The summed E-state index contributed by atoms with van der Waals surface area (Å²) < 4.78 is 6.46. The van der Waals surface area contributed by atoms with Crippen LogP contribution in [0.25, 0.3) is 16.5 Å². The molecule has 0 saturated carbocycles. The Bertz CT molecular complexity index is 1250. The molecule has 0 radical (unpaired) electrons. The molecular formula is C24H21N3O3. The molecule has 0 N–H and O–H groups in total. The molecule has 0 bridgehead atoms. The summed E-state index contributed by atoms with van der Waals surface area (Å²) in [5.41, 5.74) is 1.53. The molecule has 0 fully saturated rings. The Kier molecular flexibility index (Phi) is 5.30. The van der Waals surface area contributed by atoms with Crippen LogP contribution in [0.4, 0.5) is 0 Å². The number of rotatable bonds is 5. The Morgan fingerprint density at radius 1 is 0.933 bits per heavy atom. The molecule has 150 valence electrons. The van der Waals surface area contributed by atoms with Crippen molar-refractivity contribution in [1.29, 1.82) is 0 Å². The molecule has 0 aliphatic heterocycles. The minimum absolute atomic E-state index is 0.236. The van der Waals surface area contributed by atoms with Crippen molar-refractivity contribution in [2.24, 2.45) is 0 Å². The van der Waals surface area contributed by atoms with Crippen LogP contribution < -0.4 is 10.3 Å². The molecule has 1 heterocycles. The first-order valence-corrected chi connectivity index (χ1v) is 9.54. The van der Waals surface area contributed by atoms with Gasteiger partial charge in [-0.15, -0.1) is 0 Å². The monoisotopic (exact) mass is 399 g/mol. The van der Waals surface area contributed by atoms with E-state index in [-0.39, 0.29) is 17.2 Å². The lowest BCUT2D eigenvalue weighted by atomic mass is 10.1. The van der Waals surface area contributed by atoms with Crippen LogP contribution in [0.15, 0.2) is 83.7 Å². The SMILES string of the molecule is COc1ccc(-n2nc(C(=O)N(C)Cc3ccccc3)c3ccccc3c2=O)cc1. The Morgan fingerprint density at radius 3 is 2.23 bits per heavy atom. The minimum atomic E-state index is -0.280. The lowest BCUT2D eigenvalue weighted by molar-refractivity contribution is 0.0779. The van der Waals surface area contributed by atoms with E-state index in [2.05, 4.69) is 5.10 Å². The van der Waals surface area contributed by atoms with Gasteiger partial charge in [0, 0.05) is 19.0 Å². The number of hydrogen-bond donors (Lipinski definition) is 0. The molecule has 3 aromatic carbocycles. The van der Waals surface area contributed by atoms with Crippen molar-refractivity contribution in [3.8, 4) is 11.4 Å². The maximum absolute atomic E-state index is 13.3. The van der Waals surface area contributed by atoms with E-state index < -0.39 is 0 Å². The first-order chi connectivity index (χ1) is 14.6. The molecule has 6 heteroatoms. The maximum atomic E-state index is 13.3. The van der Waals surface area contributed by atoms with E-state index in [4.69, 9.17) is 4.74 Å². The van der Waals surface area contributed by atoms with Gasteiger partial charge in [0.1, 0.15) is 5.75 Å². The van der Waals surface area contributed by atoms with Gasteiger partial charge in [0.2, 0.25) is 0 Å². The Balaban J connectivity index is 1.81. The van der Waals surface area contributed by atoms with Crippen LogP contribution in [0.5, 0.6) is 5.75 Å². The molecular weight excluding hydrogens is 378 g/mol. The predicted octanol–water partition coefficient (Wildman–Crippen LogP) is 3.67. The van der Waals surface area contributed by atoms with Gasteiger partial charge in [0.05, 0.1) is 18.2 Å². The Hall–Kier alpha value is -3.93. The fourth-order valence-electron chi connectivity index (χ4n) is 3.36. The van der Waals surface area contributed by atoms with Gasteiger partial charge in [-0.25, -0.2) is 0 Å². The number of amides is 1. The number of benzene rings is 3. The molecule has 0 aliphatic carbocycles. The van der Waals surface area contributed by atoms with Crippen molar-refractivity contribution in [2.75, 3.05) is 14.2 Å². The smallest absolute Gasteiger partial charge is 0.279 e. The van der Waals surface area contributed by atoms with E-state index in [0.717, 1.165) is 5.56 Å². The van der Waals surface area contributed by atoms with E-state index in [0.29, 0.717) is 28.8 Å². The van der Waals surface area contributed by atoms with Crippen LogP contribution in [0.3, 0.4) is 0 Å². The van der Waals surface area contributed by atoms with Crippen LogP contribution in [-0.4, -0.2) is 34.7 Å². The van der Waals surface area contributed by atoms with Gasteiger partial charge in [0.25, 0.3) is 11.5 Å². The van der Waals surface area contributed by atoms with Crippen LogP contribution in [0.1, 0.15) is 16.1 Å². The average Bonchev–Trinajstić information content (AvgIpc) is 2.80. The van der Waals surface area contributed by atoms with Crippen molar-refractivity contribution in [1.82, 2.24) is 14.7 Å². The zero-order valence-corrected chi connectivity index (χ0v) is 16.8. The number of ether oxygens (including phenoxy) is 1. The van der Waals surface area contributed by atoms with Gasteiger partial charge < -0.3 is 9.64 Å². The second kappa shape index (κ2) is 8.21. The van der Waals surface area contributed by atoms with Crippen molar-refractivity contribution in [3.63, 3.8) is 0 Å². The summed E-state index contributed by atoms with van der Waals surface area (Å²) in [5, 5.41) is 5.44. The largest absolute Gasteiger partial charge is 0.497 e. The van der Waals surface area contributed by atoms with Gasteiger partial charge in [-0.05, 0) is 35.9 Å². The van der Waals surface area contributed by atoms with Gasteiger partial charge >= 0.3 is 0 Å². The minimum Gasteiger partial charge on any atom is -0.497 e. The molecule has 0 atom stereocenters. The second-order valence-electron chi connectivity index (χ2n) is 6.96. The number of nitrogens with zero attached hydrogens (tertiary/aromatic N) is 3. The van der Waals surface area contributed by atoms with E-state index in [1.807, 2.05) is 30.3 Å². The predicted molar refractivity (Wildman–Crippen MR) is 116 cm³/mol. The van der Waals surface area contributed by atoms with Crippen LogP contribution in [-0.2, 0) is 6.54 Å². The number of carbonyl (C=O) groups excluding carboxylic acids is 1. The highest BCUT2D eigenvalue weighted by molar-refractivity contribution is 6.04.